The van der Waals surface area contributed by atoms with Gasteiger partial charge in [0.25, 0.3) is 0 Å². The minimum Gasteiger partial charge on any atom is -0.374 e. The van der Waals surface area contributed by atoms with Crippen LogP contribution in [0.25, 0.3) is 0 Å². The van der Waals surface area contributed by atoms with Crippen molar-refractivity contribution in [3.63, 3.8) is 0 Å². The Labute approximate surface area is 107 Å². The van der Waals surface area contributed by atoms with Gasteiger partial charge in [-0.15, -0.1) is 0 Å². The molecule has 1 fully saturated rings. The van der Waals surface area contributed by atoms with E-state index in [1.54, 1.807) is 0 Å². The summed E-state index contributed by atoms with van der Waals surface area (Å²) in [6, 6.07) is 0. The van der Waals surface area contributed by atoms with Gasteiger partial charge >= 0.3 is 6.18 Å². The lowest BCUT2D eigenvalue weighted by Crippen LogP contribution is -2.45. The Morgan fingerprint density at radius 3 is 2.11 bits per heavy atom. The Kier molecular flexibility index (Phi) is 5.06. The Bertz CT molecular complexity index is 253. The maximum absolute atomic E-state index is 12.0. The van der Waals surface area contributed by atoms with Gasteiger partial charge in [0.15, 0.2) is 0 Å². The lowest BCUT2D eigenvalue weighted by atomic mass is 9.71. The number of hydrogen-bond donors (Lipinski definition) is 1. The molecule has 0 heterocycles. The summed E-state index contributed by atoms with van der Waals surface area (Å²) in [6.45, 7) is 4.96. The van der Waals surface area contributed by atoms with Crippen LogP contribution in [0.2, 0.25) is 0 Å². The van der Waals surface area contributed by atoms with E-state index in [1.165, 1.54) is 0 Å². The predicted octanol–water partition coefficient (Wildman–Crippen LogP) is 3.64. The summed E-state index contributed by atoms with van der Waals surface area (Å²) in [5.41, 5.74) is 5.66. The summed E-state index contributed by atoms with van der Waals surface area (Å²) in [5, 5.41) is 0. The molecule has 2 nitrogen and oxygen atoms in total. The van der Waals surface area contributed by atoms with E-state index in [-0.39, 0.29) is 18.6 Å². The molecule has 1 aliphatic carbocycles. The molecule has 0 aromatic rings. The third-order valence-corrected chi connectivity index (χ3v) is 3.90. The lowest BCUT2D eigenvalue weighted by Gasteiger charge is -2.42. The van der Waals surface area contributed by atoms with Crippen LogP contribution < -0.4 is 5.73 Å². The molecule has 0 aromatic carbocycles. The van der Waals surface area contributed by atoms with Crippen LogP contribution >= 0.6 is 0 Å². The van der Waals surface area contributed by atoms with Gasteiger partial charge in [0, 0.05) is 19.6 Å². The third-order valence-electron chi connectivity index (χ3n) is 3.90. The average Bonchev–Trinajstić information content (AvgIpc) is 2.26. The first kappa shape index (κ1) is 15.8. The van der Waals surface area contributed by atoms with E-state index in [4.69, 9.17) is 10.5 Å². The van der Waals surface area contributed by atoms with Gasteiger partial charge in [-0.3, -0.25) is 0 Å². The van der Waals surface area contributed by atoms with Gasteiger partial charge in [-0.25, -0.2) is 0 Å². The van der Waals surface area contributed by atoms with Gasteiger partial charge in [0.05, 0.1) is 5.60 Å². The molecule has 0 unspecified atom stereocenters. The first-order valence-electron chi connectivity index (χ1n) is 6.59. The van der Waals surface area contributed by atoms with Crippen molar-refractivity contribution in [1.29, 1.82) is 0 Å². The first-order chi connectivity index (χ1) is 8.18. The zero-order valence-electron chi connectivity index (χ0n) is 11.3. The Hall–Kier alpha value is -0.290. The van der Waals surface area contributed by atoms with Crippen molar-refractivity contribution in [2.45, 2.75) is 64.1 Å². The standard InChI is InChI=1S/C13H24F3NO/c1-11(2)5-7-12(10-17,8-6-11)18-9-3-4-13(14,15)16/h3-10,17H2,1-2H3. The van der Waals surface area contributed by atoms with E-state index in [0.29, 0.717) is 12.0 Å². The molecule has 5 heteroatoms. The van der Waals surface area contributed by atoms with Gasteiger partial charge in [-0.2, -0.15) is 13.2 Å². The van der Waals surface area contributed by atoms with Gasteiger partial charge < -0.3 is 10.5 Å². The zero-order chi connectivity index (χ0) is 13.9. The second-order valence-electron chi connectivity index (χ2n) is 6.12. The number of rotatable bonds is 5. The highest BCUT2D eigenvalue weighted by atomic mass is 19.4. The van der Waals surface area contributed by atoms with E-state index in [0.717, 1.165) is 25.7 Å². The molecule has 18 heavy (non-hydrogen) atoms. The molecule has 0 amide bonds. The SMILES string of the molecule is CC1(C)CCC(CN)(OCCCC(F)(F)F)CC1. The van der Waals surface area contributed by atoms with E-state index in [9.17, 15) is 13.2 Å². The molecule has 1 rings (SSSR count). The maximum Gasteiger partial charge on any atom is 0.389 e. The number of alkyl halides is 3. The summed E-state index contributed by atoms with van der Waals surface area (Å²) in [6.07, 6.45) is -1.11. The summed E-state index contributed by atoms with van der Waals surface area (Å²) in [7, 11) is 0. The van der Waals surface area contributed by atoms with Gasteiger partial charge in [-0.1, -0.05) is 13.8 Å². The van der Waals surface area contributed by atoms with Crippen LogP contribution in [0.3, 0.4) is 0 Å². The number of halogens is 3. The summed E-state index contributed by atoms with van der Waals surface area (Å²) in [4.78, 5) is 0. The molecule has 0 aliphatic heterocycles. The van der Waals surface area contributed by atoms with Crippen LogP contribution in [0.4, 0.5) is 13.2 Å². The summed E-state index contributed by atoms with van der Waals surface area (Å²) >= 11 is 0. The molecule has 108 valence electrons. The fourth-order valence-corrected chi connectivity index (χ4v) is 2.35. The third kappa shape index (κ3) is 5.14. The maximum atomic E-state index is 12.0. The molecule has 0 saturated heterocycles. The topological polar surface area (TPSA) is 35.2 Å². The number of nitrogens with two attached hydrogens (primary N) is 1. The lowest BCUT2D eigenvalue weighted by molar-refractivity contribution is -0.144. The highest BCUT2D eigenvalue weighted by molar-refractivity contribution is 4.91. The first-order valence-corrected chi connectivity index (χ1v) is 6.59. The molecular formula is C13H24F3NO. The van der Waals surface area contributed by atoms with Crippen molar-refractivity contribution in [3.05, 3.63) is 0 Å². The van der Waals surface area contributed by atoms with Gasteiger partial charge in [-0.05, 0) is 37.5 Å². The van der Waals surface area contributed by atoms with Crippen LogP contribution in [0.15, 0.2) is 0 Å². The molecule has 0 aromatic heterocycles. The van der Waals surface area contributed by atoms with Crippen LogP contribution in [-0.4, -0.2) is 24.9 Å². The van der Waals surface area contributed by atoms with E-state index >= 15 is 0 Å². The van der Waals surface area contributed by atoms with Gasteiger partial charge in [0.2, 0.25) is 0 Å². The smallest absolute Gasteiger partial charge is 0.374 e. The molecule has 1 aliphatic rings. The Morgan fingerprint density at radius 1 is 1.11 bits per heavy atom. The molecule has 0 spiro atoms. The van der Waals surface area contributed by atoms with Crippen molar-refractivity contribution in [3.8, 4) is 0 Å². The molecule has 2 N–H and O–H groups in total. The summed E-state index contributed by atoms with van der Waals surface area (Å²) < 4.78 is 41.7. The minimum atomic E-state index is -4.09. The van der Waals surface area contributed by atoms with Crippen molar-refractivity contribution in [2.24, 2.45) is 11.1 Å². The zero-order valence-corrected chi connectivity index (χ0v) is 11.3. The molecule has 0 atom stereocenters. The largest absolute Gasteiger partial charge is 0.389 e. The van der Waals surface area contributed by atoms with Crippen LogP contribution in [0.5, 0.6) is 0 Å². The highest BCUT2D eigenvalue weighted by Crippen LogP contribution is 2.41. The van der Waals surface area contributed by atoms with Crippen LogP contribution in [0.1, 0.15) is 52.4 Å². The molecular weight excluding hydrogens is 243 g/mol. The van der Waals surface area contributed by atoms with Crippen molar-refractivity contribution >= 4 is 0 Å². The van der Waals surface area contributed by atoms with Gasteiger partial charge in [0.1, 0.15) is 0 Å². The second-order valence-corrected chi connectivity index (χ2v) is 6.12. The summed E-state index contributed by atoms with van der Waals surface area (Å²) in [5.74, 6) is 0. The molecule has 0 bridgehead atoms. The van der Waals surface area contributed by atoms with Crippen molar-refractivity contribution in [1.82, 2.24) is 0 Å². The monoisotopic (exact) mass is 267 g/mol. The predicted molar refractivity (Wildman–Crippen MR) is 65.3 cm³/mol. The fourth-order valence-electron chi connectivity index (χ4n) is 2.35. The quantitative estimate of drug-likeness (QED) is 0.772. The van der Waals surface area contributed by atoms with E-state index in [2.05, 4.69) is 13.8 Å². The highest BCUT2D eigenvalue weighted by Gasteiger charge is 2.38. The van der Waals surface area contributed by atoms with Crippen LogP contribution in [0, 0.1) is 5.41 Å². The van der Waals surface area contributed by atoms with Crippen molar-refractivity contribution < 1.29 is 17.9 Å². The van der Waals surface area contributed by atoms with E-state index < -0.39 is 12.6 Å². The molecule has 1 saturated carbocycles. The normalized spacial score (nSPS) is 23.0. The number of hydrogen-bond acceptors (Lipinski definition) is 2. The Balaban J connectivity index is 2.34. The van der Waals surface area contributed by atoms with E-state index in [1.807, 2.05) is 0 Å². The number of ether oxygens (including phenoxy) is 1. The van der Waals surface area contributed by atoms with Crippen LogP contribution in [-0.2, 0) is 4.74 Å². The minimum absolute atomic E-state index is 0.0225. The molecule has 0 radical (unpaired) electrons. The van der Waals surface area contributed by atoms with Crippen molar-refractivity contribution in [2.75, 3.05) is 13.2 Å². The average molecular weight is 267 g/mol. The fraction of sp³-hybridized carbons (Fsp3) is 1.00. The Morgan fingerprint density at radius 2 is 1.67 bits per heavy atom. The second kappa shape index (κ2) is 5.78.